The Hall–Kier alpha value is -4.04. The van der Waals surface area contributed by atoms with Gasteiger partial charge in [0.05, 0.1) is 11.3 Å². The van der Waals surface area contributed by atoms with E-state index in [1.807, 2.05) is 31.2 Å². The molecule has 5 aromatic rings. The number of rotatable bonds is 4. The maximum Gasteiger partial charge on any atom is 0.285 e. The molecular formula is C24H19ClN6O2. The van der Waals surface area contributed by atoms with E-state index in [1.54, 1.807) is 41.0 Å². The summed E-state index contributed by atoms with van der Waals surface area (Å²) in [7, 11) is 0. The molecule has 0 radical (unpaired) electrons. The fourth-order valence-corrected chi connectivity index (χ4v) is 3.99. The van der Waals surface area contributed by atoms with Gasteiger partial charge in [-0.05, 0) is 54.4 Å². The molecule has 0 spiro atoms. The molecule has 0 saturated carbocycles. The number of aromatic nitrogens is 5. The van der Waals surface area contributed by atoms with Crippen molar-refractivity contribution in [2.24, 2.45) is 0 Å². The molecule has 33 heavy (non-hydrogen) atoms. The predicted octanol–water partition coefficient (Wildman–Crippen LogP) is 4.27. The highest BCUT2D eigenvalue weighted by Gasteiger charge is 2.19. The Morgan fingerprint density at radius 2 is 1.76 bits per heavy atom. The second-order valence-electron chi connectivity index (χ2n) is 7.57. The molecule has 9 heteroatoms. The van der Waals surface area contributed by atoms with Gasteiger partial charge < -0.3 is 5.32 Å². The van der Waals surface area contributed by atoms with E-state index in [0.717, 1.165) is 16.8 Å². The zero-order valence-electron chi connectivity index (χ0n) is 17.9. The molecule has 0 saturated heterocycles. The number of anilines is 1. The number of carbonyl (C=O) groups is 1. The summed E-state index contributed by atoms with van der Waals surface area (Å²) in [5, 5.41) is 16.7. The van der Waals surface area contributed by atoms with E-state index in [1.165, 1.54) is 11.5 Å². The second-order valence-corrected chi connectivity index (χ2v) is 8.01. The van der Waals surface area contributed by atoms with Gasteiger partial charge in [0.15, 0.2) is 11.2 Å². The first-order chi connectivity index (χ1) is 16.0. The molecule has 3 heterocycles. The van der Waals surface area contributed by atoms with Gasteiger partial charge in [-0.25, -0.2) is 4.52 Å². The zero-order chi connectivity index (χ0) is 23.1. The number of nitrogens with zero attached hydrogens (tertiary/aromatic N) is 5. The molecule has 8 nitrogen and oxygen atoms in total. The Kier molecular flexibility index (Phi) is 5.14. The van der Waals surface area contributed by atoms with Crippen molar-refractivity contribution in [1.29, 1.82) is 0 Å². The minimum absolute atomic E-state index is 0.159. The highest BCUT2D eigenvalue weighted by Crippen LogP contribution is 2.30. The van der Waals surface area contributed by atoms with E-state index in [4.69, 9.17) is 16.7 Å². The molecular weight excluding hydrogens is 440 g/mol. The second kappa shape index (κ2) is 8.14. The molecule has 1 N–H and O–H groups in total. The smallest absolute Gasteiger partial charge is 0.285 e. The van der Waals surface area contributed by atoms with Gasteiger partial charge in [-0.15, -0.1) is 10.2 Å². The van der Waals surface area contributed by atoms with Gasteiger partial charge >= 0.3 is 0 Å². The Morgan fingerprint density at radius 1 is 1.03 bits per heavy atom. The number of hydrogen-bond acceptors (Lipinski definition) is 5. The van der Waals surface area contributed by atoms with Crippen molar-refractivity contribution >= 4 is 39.9 Å². The summed E-state index contributed by atoms with van der Waals surface area (Å²) in [5.74, 6) is -0.159. The van der Waals surface area contributed by atoms with Crippen LogP contribution in [0.25, 0.3) is 33.5 Å². The van der Waals surface area contributed by atoms with Gasteiger partial charge in [0.25, 0.3) is 5.56 Å². The van der Waals surface area contributed by atoms with Crippen LogP contribution in [0.15, 0.2) is 65.6 Å². The Bertz CT molecular complexity index is 1570. The third-order valence-corrected chi connectivity index (χ3v) is 5.64. The topological polar surface area (TPSA) is 94.2 Å². The fraction of sp³-hybridized carbons (Fsp3) is 0.125. The molecule has 1 amide bonds. The van der Waals surface area contributed by atoms with Crippen molar-refractivity contribution in [2.45, 2.75) is 20.3 Å². The lowest BCUT2D eigenvalue weighted by Crippen LogP contribution is -2.20. The lowest BCUT2D eigenvalue weighted by atomic mass is 10.0. The van der Waals surface area contributed by atoms with Crippen LogP contribution >= 0.6 is 11.6 Å². The van der Waals surface area contributed by atoms with Crippen LogP contribution in [0.1, 0.15) is 19.5 Å². The zero-order valence-corrected chi connectivity index (χ0v) is 18.7. The van der Waals surface area contributed by atoms with Crippen molar-refractivity contribution in [2.75, 3.05) is 5.32 Å². The summed E-state index contributed by atoms with van der Waals surface area (Å²) >= 11 is 6.05. The number of pyridine rings is 1. The summed E-state index contributed by atoms with van der Waals surface area (Å²) in [4.78, 5) is 24.5. The van der Waals surface area contributed by atoms with Crippen molar-refractivity contribution in [1.82, 2.24) is 24.4 Å². The first kappa shape index (κ1) is 20.8. The molecule has 0 bridgehead atoms. The molecule has 0 aliphatic carbocycles. The number of hydrogen-bond donors (Lipinski definition) is 1. The molecule has 0 aliphatic rings. The maximum atomic E-state index is 13.2. The lowest BCUT2D eigenvalue weighted by Gasteiger charge is -2.09. The van der Waals surface area contributed by atoms with Gasteiger partial charge in [0.1, 0.15) is 5.52 Å². The quantitative estimate of drug-likeness (QED) is 0.434. The number of benzene rings is 2. The largest absolute Gasteiger partial charge is 0.326 e. The molecule has 5 rings (SSSR count). The van der Waals surface area contributed by atoms with Gasteiger partial charge in [-0.1, -0.05) is 30.7 Å². The third-order valence-electron chi connectivity index (χ3n) is 5.39. The molecule has 0 fully saturated rings. The monoisotopic (exact) mass is 458 g/mol. The number of aryl methyl sites for hydroxylation is 1. The number of halogens is 1. The maximum absolute atomic E-state index is 13.2. The van der Waals surface area contributed by atoms with Crippen molar-refractivity contribution in [3.05, 3.63) is 81.9 Å². The standard InChI is InChI=1S/C24H19ClN6O2/c1-3-19-21(15-4-6-16(25)7-5-15)23-28-27-22-20(31(23)29-19)12-13-30(24(22)33)18-10-8-17(9-11-18)26-14(2)32/h4-13H,3H2,1-2H3,(H,26,32). The summed E-state index contributed by atoms with van der Waals surface area (Å²) in [6, 6.07) is 16.3. The molecule has 2 aromatic carbocycles. The van der Waals surface area contributed by atoms with E-state index >= 15 is 0 Å². The van der Waals surface area contributed by atoms with Crippen LogP contribution in [0, 0.1) is 0 Å². The lowest BCUT2D eigenvalue weighted by molar-refractivity contribution is -0.114. The normalized spacial score (nSPS) is 11.2. The van der Waals surface area contributed by atoms with Crippen LogP contribution < -0.4 is 10.9 Å². The van der Waals surface area contributed by atoms with Crippen LogP contribution in [0.2, 0.25) is 5.02 Å². The van der Waals surface area contributed by atoms with Crippen LogP contribution in [0.4, 0.5) is 5.69 Å². The fourth-order valence-electron chi connectivity index (χ4n) is 3.86. The van der Waals surface area contributed by atoms with Gasteiger partial charge in [-0.3, -0.25) is 14.2 Å². The Labute approximate surface area is 193 Å². The summed E-state index contributed by atoms with van der Waals surface area (Å²) in [6.45, 7) is 3.47. The first-order valence-corrected chi connectivity index (χ1v) is 10.8. The number of carbonyl (C=O) groups excluding carboxylic acids is 1. The van der Waals surface area contributed by atoms with Gasteiger partial charge in [0.2, 0.25) is 5.91 Å². The highest BCUT2D eigenvalue weighted by molar-refractivity contribution is 6.30. The van der Waals surface area contributed by atoms with E-state index in [-0.39, 0.29) is 17.0 Å². The average molecular weight is 459 g/mol. The number of fused-ring (bicyclic) bond motifs is 3. The summed E-state index contributed by atoms with van der Waals surface area (Å²) in [5.41, 5.74) is 5.03. The van der Waals surface area contributed by atoms with Crippen molar-refractivity contribution in [3.63, 3.8) is 0 Å². The Balaban J connectivity index is 1.66. The number of amides is 1. The van der Waals surface area contributed by atoms with E-state index in [0.29, 0.717) is 34.0 Å². The third kappa shape index (κ3) is 3.64. The predicted molar refractivity (Wildman–Crippen MR) is 128 cm³/mol. The van der Waals surface area contributed by atoms with Gasteiger partial charge in [-0.2, -0.15) is 5.10 Å². The summed E-state index contributed by atoms with van der Waals surface area (Å²) in [6.07, 6.45) is 2.38. The minimum Gasteiger partial charge on any atom is -0.326 e. The summed E-state index contributed by atoms with van der Waals surface area (Å²) < 4.78 is 3.17. The molecule has 164 valence electrons. The van der Waals surface area contributed by atoms with Crippen LogP contribution in [-0.2, 0) is 11.2 Å². The molecule has 3 aromatic heterocycles. The number of nitrogens with one attached hydrogen (secondary N) is 1. The van der Waals surface area contributed by atoms with E-state index in [9.17, 15) is 9.59 Å². The molecule has 0 aliphatic heterocycles. The average Bonchev–Trinajstić information content (AvgIpc) is 3.19. The minimum atomic E-state index is -0.309. The molecule has 0 unspecified atom stereocenters. The SMILES string of the molecule is CCc1nn2c(nnc3c(=O)n(-c4ccc(NC(C)=O)cc4)ccc32)c1-c1ccc(Cl)cc1. The van der Waals surface area contributed by atoms with Crippen molar-refractivity contribution in [3.8, 4) is 16.8 Å². The Morgan fingerprint density at radius 3 is 2.42 bits per heavy atom. The van der Waals surface area contributed by atoms with Crippen LogP contribution in [-0.4, -0.2) is 30.3 Å². The van der Waals surface area contributed by atoms with E-state index < -0.39 is 0 Å². The van der Waals surface area contributed by atoms with Crippen molar-refractivity contribution < 1.29 is 4.79 Å². The van der Waals surface area contributed by atoms with Gasteiger partial charge in [0, 0.05) is 29.5 Å². The highest BCUT2D eigenvalue weighted by atomic mass is 35.5. The molecule has 0 atom stereocenters. The first-order valence-electron chi connectivity index (χ1n) is 10.4. The van der Waals surface area contributed by atoms with Crippen LogP contribution in [0.5, 0.6) is 0 Å². The van der Waals surface area contributed by atoms with E-state index in [2.05, 4.69) is 15.5 Å². The van der Waals surface area contributed by atoms with Crippen LogP contribution in [0.3, 0.4) is 0 Å².